The van der Waals surface area contributed by atoms with Crippen molar-refractivity contribution in [3.63, 3.8) is 0 Å². The number of hydrogen-bond acceptors (Lipinski definition) is 4. The smallest absolute Gasteiger partial charge is 0.176 e. The third-order valence-corrected chi connectivity index (χ3v) is 4.30. The maximum absolute atomic E-state index is 10.1. The van der Waals surface area contributed by atoms with Gasteiger partial charge in [-0.1, -0.05) is 31.4 Å². The van der Waals surface area contributed by atoms with Crippen molar-refractivity contribution in [2.24, 2.45) is 0 Å². The van der Waals surface area contributed by atoms with E-state index in [1.54, 1.807) is 7.11 Å². The fourth-order valence-electron chi connectivity index (χ4n) is 3.10. The van der Waals surface area contributed by atoms with Gasteiger partial charge < -0.3 is 19.6 Å². The van der Waals surface area contributed by atoms with Crippen LogP contribution in [0.3, 0.4) is 0 Å². The highest BCUT2D eigenvalue weighted by atomic mass is 16.5. The zero-order valence-electron chi connectivity index (χ0n) is 12.5. The van der Waals surface area contributed by atoms with Gasteiger partial charge in [0.2, 0.25) is 0 Å². The average molecular weight is 289 g/mol. The molecule has 4 nitrogen and oxygen atoms in total. The lowest BCUT2D eigenvalue weighted by atomic mass is 10.1. The highest BCUT2D eigenvalue weighted by Gasteiger charge is 2.21. The maximum Gasteiger partial charge on any atom is 0.176 e. The number of furan rings is 1. The van der Waals surface area contributed by atoms with Gasteiger partial charge in [0, 0.05) is 11.4 Å². The number of aliphatic hydroxyl groups excluding tert-OH is 1. The van der Waals surface area contributed by atoms with Crippen molar-refractivity contribution >= 4 is 11.0 Å². The molecule has 1 saturated carbocycles. The van der Waals surface area contributed by atoms with Crippen LogP contribution >= 0.6 is 0 Å². The number of aliphatic hydroxyl groups is 1. The molecule has 1 aliphatic carbocycles. The van der Waals surface area contributed by atoms with Crippen LogP contribution in [0.5, 0.6) is 5.75 Å². The second-order valence-electron chi connectivity index (χ2n) is 5.78. The lowest BCUT2D eigenvalue weighted by Crippen LogP contribution is -2.38. The van der Waals surface area contributed by atoms with Gasteiger partial charge in [-0.3, -0.25) is 0 Å². The van der Waals surface area contributed by atoms with Crippen molar-refractivity contribution in [2.75, 3.05) is 7.11 Å². The van der Waals surface area contributed by atoms with Crippen LogP contribution < -0.4 is 10.1 Å². The number of fused-ring (bicyclic) bond motifs is 1. The van der Waals surface area contributed by atoms with Gasteiger partial charge in [0.15, 0.2) is 11.3 Å². The predicted octanol–water partition coefficient (Wildman–Crippen LogP) is 3.22. The van der Waals surface area contributed by atoms with E-state index < -0.39 is 0 Å². The van der Waals surface area contributed by atoms with Gasteiger partial charge in [-0.05, 0) is 25.0 Å². The number of benzene rings is 1. The zero-order chi connectivity index (χ0) is 14.7. The monoisotopic (exact) mass is 289 g/mol. The molecular formula is C17H23NO3. The van der Waals surface area contributed by atoms with E-state index >= 15 is 0 Å². The second kappa shape index (κ2) is 6.50. The third kappa shape index (κ3) is 3.22. The fraction of sp³-hybridized carbons (Fsp3) is 0.529. The molecule has 0 bridgehead atoms. The summed E-state index contributed by atoms with van der Waals surface area (Å²) in [6.07, 6.45) is 5.21. The van der Waals surface area contributed by atoms with Crippen molar-refractivity contribution < 1.29 is 14.3 Å². The third-order valence-electron chi connectivity index (χ3n) is 4.30. The Morgan fingerprint density at radius 3 is 3.00 bits per heavy atom. The van der Waals surface area contributed by atoms with Gasteiger partial charge in [0.25, 0.3) is 0 Å². The molecule has 4 heteroatoms. The maximum atomic E-state index is 10.1. The van der Waals surface area contributed by atoms with E-state index in [0.717, 1.165) is 41.7 Å². The van der Waals surface area contributed by atoms with Crippen LogP contribution in [0.1, 0.15) is 37.9 Å². The van der Waals surface area contributed by atoms with Gasteiger partial charge in [-0.15, -0.1) is 0 Å². The lowest BCUT2D eigenvalue weighted by Gasteiger charge is -2.21. The minimum absolute atomic E-state index is 0.169. The summed E-state index contributed by atoms with van der Waals surface area (Å²) in [5.41, 5.74) is 0.790. The van der Waals surface area contributed by atoms with Crippen LogP contribution in [0, 0.1) is 0 Å². The molecule has 0 amide bonds. The first-order valence-corrected chi connectivity index (χ1v) is 7.75. The summed E-state index contributed by atoms with van der Waals surface area (Å²) in [6, 6.07) is 8.09. The number of nitrogens with one attached hydrogen (secondary N) is 1. The summed E-state index contributed by atoms with van der Waals surface area (Å²) in [5.74, 6) is 1.64. The summed E-state index contributed by atoms with van der Waals surface area (Å²) in [4.78, 5) is 0. The first-order valence-electron chi connectivity index (χ1n) is 7.75. The molecule has 114 valence electrons. The largest absolute Gasteiger partial charge is 0.493 e. The Morgan fingerprint density at radius 1 is 1.29 bits per heavy atom. The number of hydrogen-bond donors (Lipinski definition) is 2. The highest BCUT2D eigenvalue weighted by Crippen LogP contribution is 2.28. The molecular weight excluding hydrogens is 266 g/mol. The minimum atomic E-state index is -0.244. The zero-order valence-corrected chi connectivity index (χ0v) is 12.5. The topological polar surface area (TPSA) is 54.6 Å². The molecule has 21 heavy (non-hydrogen) atoms. The second-order valence-corrected chi connectivity index (χ2v) is 5.78. The summed E-state index contributed by atoms with van der Waals surface area (Å²) in [6.45, 7) is 0.638. The molecule has 2 aromatic rings. The summed E-state index contributed by atoms with van der Waals surface area (Å²) in [5, 5.41) is 14.6. The van der Waals surface area contributed by atoms with E-state index in [1.807, 2.05) is 24.3 Å². The van der Waals surface area contributed by atoms with E-state index in [4.69, 9.17) is 9.15 Å². The van der Waals surface area contributed by atoms with Gasteiger partial charge >= 0.3 is 0 Å². The van der Waals surface area contributed by atoms with Gasteiger partial charge in [-0.25, -0.2) is 0 Å². The average Bonchev–Trinajstić information content (AvgIpc) is 2.81. The van der Waals surface area contributed by atoms with Crippen molar-refractivity contribution in [1.82, 2.24) is 5.32 Å². The molecule has 1 aromatic heterocycles. The molecule has 3 rings (SSSR count). The predicted molar refractivity (Wildman–Crippen MR) is 82.5 cm³/mol. The van der Waals surface area contributed by atoms with Crippen molar-refractivity contribution in [1.29, 1.82) is 0 Å². The number of methoxy groups -OCH3 is 1. The SMILES string of the molecule is COc1cccc2cc(CNC3CCCCCC3O)oc12. The lowest BCUT2D eigenvalue weighted by molar-refractivity contribution is 0.118. The Morgan fingerprint density at radius 2 is 2.14 bits per heavy atom. The van der Waals surface area contributed by atoms with Crippen molar-refractivity contribution in [2.45, 2.75) is 50.8 Å². The molecule has 1 fully saturated rings. The van der Waals surface area contributed by atoms with Crippen molar-refractivity contribution in [3.8, 4) is 5.75 Å². The van der Waals surface area contributed by atoms with E-state index in [0.29, 0.717) is 6.54 Å². The Kier molecular flexibility index (Phi) is 4.46. The van der Waals surface area contributed by atoms with E-state index in [9.17, 15) is 5.11 Å². The fourth-order valence-corrected chi connectivity index (χ4v) is 3.10. The molecule has 1 heterocycles. The van der Waals surface area contributed by atoms with Crippen LogP contribution in [0.2, 0.25) is 0 Å². The van der Waals surface area contributed by atoms with Gasteiger partial charge in [-0.2, -0.15) is 0 Å². The Balaban J connectivity index is 1.70. The van der Waals surface area contributed by atoms with Gasteiger partial charge in [0.05, 0.1) is 19.8 Å². The van der Waals surface area contributed by atoms with E-state index in [-0.39, 0.29) is 12.1 Å². The number of rotatable bonds is 4. The van der Waals surface area contributed by atoms with Crippen LogP contribution in [-0.2, 0) is 6.54 Å². The number of ether oxygens (including phenoxy) is 1. The molecule has 0 saturated heterocycles. The summed E-state index contributed by atoms with van der Waals surface area (Å²) >= 11 is 0. The summed E-state index contributed by atoms with van der Waals surface area (Å²) in [7, 11) is 1.65. The minimum Gasteiger partial charge on any atom is -0.493 e. The van der Waals surface area contributed by atoms with Crippen LogP contribution in [0.15, 0.2) is 28.7 Å². The molecule has 0 spiro atoms. The van der Waals surface area contributed by atoms with Crippen molar-refractivity contribution in [3.05, 3.63) is 30.0 Å². The normalized spacial score (nSPS) is 23.1. The first kappa shape index (κ1) is 14.4. The quantitative estimate of drug-likeness (QED) is 0.849. The van der Waals surface area contributed by atoms with Crippen LogP contribution in [0.4, 0.5) is 0 Å². The Labute approximate surface area is 125 Å². The number of para-hydroxylation sites is 1. The standard InChI is InChI=1S/C17H23NO3/c1-20-16-9-5-6-12-10-13(21-17(12)16)11-18-14-7-3-2-4-8-15(14)19/h5-6,9-10,14-15,18-19H,2-4,7-8,11H2,1H3. The molecule has 1 aliphatic rings. The highest BCUT2D eigenvalue weighted by molar-refractivity contribution is 5.83. The Bertz CT molecular complexity index is 593. The first-order chi connectivity index (χ1) is 10.3. The molecule has 0 aliphatic heterocycles. The van der Waals surface area contributed by atoms with Gasteiger partial charge in [0.1, 0.15) is 5.76 Å². The Hall–Kier alpha value is -1.52. The molecule has 0 radical (unpaired) electrons. The molecule has 1 aromatic carbocycles. The van der Waals surface area contributed by atoms with E-state index in [1.165, 1.54) is 12.8 Å². The van der Waals surface area contributed by atoms with Crippen LogP contribution in [-0.4, -0.2) is 24.4 Å². The molecule has 2 N–H and O–H groups in total. The van der Waals surface area contributed by atoms with E-state index in [2.05, 4.69) is 5.32 Å². The van der Waals surface area contributed by atoms with Crippen LogP contribution in [0.25, 0.3) is 11.0 Å². The molecule has 2 unspecified atom stereocenters. The molecule has 2 atom stereocenters. The summed E-state index contributed by atoms with van der Waals surface area (Å²) < 4.78 is 11.2.